The SMILES string of the molecule is C=CC(=O)OC12CC3CC(C1)CC(OC(C)C(=O)OOC(C)(C)C)(C3)C2. The highest BCUT2D eigenvalue weighted by Crippen LogP contribution is 2.60. The van der Waals surface area contributed by atoms with Crippen LogP contribution in [0, 0.1) is 11.8 Å². The zero-order valence-corrected chi connectivity index (χ0v) is 16.2. The summed E-state index contributed by atoms with van der Waals surface area (Å²) in [5, 5.41) is 0. The van der Waals surface area contributed by atoms with Crippen LogP contribution in [0.15, 0.2) is 12.7 Å². The first kappa shape index (κ1) is 19.4. The topological polar surface area (TPSA) is 71.1 Å². The van der Waals surface area contributed by atoms with Gasteiger partial charge in [0, 0.05) is 12.5 Å². The Kier molecular flexibility index (Phi) is 4.95. The van der Waals surface area contributed by atoms with Crippen molar-refractivity contribution in [2.75, 3.05) is 0 Å². The molecule has 0 heterocycles. The lowest BCUT2D eigenvalue weighted by Crippen LogP contribution is -2.62. The van der Waals surface area contributed by atoms with Crippen molar-refractivity contribution < 1.29 is 28.8 Å². The lowest BCUT2D eigenvalue weighted by Gasteiger charge is -2.60. The minimum Gasteiger partial charge on any atom is -0.456 e. The van der Waals surface area contributed by atoms with Gasteiger partial charge in [0.2, 0.25) is 0 Å². The first-order chi connectivity index (χ1) is 12.0. The van der Waals surface area contributed by atoms with Crippen LogP contribution >= 0.6 is 0 Å². The molecule has 4 aliphatic carbocycles. The molecule has 146 valence electrons. The van der Waals surface area contributed by atoms with Gasteiger partial charge in [-0.3, -0.25) is 4.89 Å². The smallest absolute Gasteiger partial charge is 0.370 e. The van der Waals surface area contributed by atoms with Crippen molar-refractivity contribution in [1.82, 2.24) is 0 Å². The second kappa shape index (κ2) is 6.64. The molecule has 0 saturated heterocycles. The molecule has 0 aromatic carbocycles. The molecule has 26 heavy (non-hydrogen) atoms. The van der Waals surface area contributed by atoms with Gasteiger partial charge in [-0.25, -0.2) is 9.59 Å². The van der Waals surface area contributed by atoms with E-state index in [0.29, 0.717) is 18.3 Å². The third kappa shape index (κ3) is 4.12. The first-order valence-electron chi connectivity index (χ1n) is 9.46. The highest BCUT2D eigenvalue weighted by atomic mass is 17.2. The minimum absolute atomic E-state index is 0.381. The van der Waals surface area contributed by atoms with Crippen molar-refractivity contribution >= 4 is 11.9 Å². The van der Waals surface area contributed by atoms with Gasteiger partial charge in [0.05, 0.1) is 5.60 Å². The highest BCUT2D eigenvalue weighted by Gasteiger charge is 2.61. The van der Waals surface area contributed by atoms with E-state index in [4.69, 9.17) is 19.2 Å². The van der Waals surface area contributed by atoms with Crippen LogP contribution in [0.4, 0.5) is 0 Å². The molecule has 0 spiro atoms. The fourth-order valence-corrected chi connectivity index (χ4v) is 5.27. The maximum Gasteiger partial charge on any atom is 0.370 e. The second-order valence-corrected chi connectivity index (χ2v) is 9.31. The highest BCUT2D eigenvalue weighted by molar-refractivity contribution is 5.81. The van der Waals surface area contributed by atoms with Gasteiger partial charge in [-0.1, -0.05) is 6.58 Å². The van der Waals surface area contributed by atoms with E-state index in [1.54, 1.807) is 6.92 Å². The van der Waals surface area contributed by atoms with E-state index >= 15 is 0 Å². The third-order valence-electron chi connectivity index (χ3n) is 5.57. The minimum atomic E-state index is -0.735. The van der Waals surface area contributed by atoms with E-state index in [2.05, 4.69) is 6.58 Å². The summed E-state index contributed by atoms with van der Waals surface area (Å²) in [5.74, 6) is 0.00626. The molecule has 6 nitrogen and oxygen atoms in total. The fourth-order valence-electron chi connectivity index (χ4n) is 5.27. The average molecular weight is 366 g/mol. The van der Waals surface area contributed by atoms with Crippen LogP contribution in [-0.4, -0.2) is 34.8 Å². The molecule has 0 radical (unpaired) electrons. The van der Waals surface area contributed by atoms with Gasteiger partial charge in [0.25, 0.3) is 0 Å². The zero-order chi connectivity index (χ0) is 19.2. The standard InChI is InChI=1S/C20H30O6/c1-6-16(21)24-20-10-14-7-15(11-20)9-19(8-14,12-20)23-13(2)17(22)25-26-18(3,4)5/h6,13-15H,1,7-12H2,2-5H3. The van der Waals surface area contributed by atoms with E-state index < -0.39 is 28.9 Å². The molecular weight excluding hydrogens is 336 g/mol. The number of hydrogen-bond acceptors (Lipinski definition) is 6. The first-order valence-corrected chi connectivity index (χ1v) is 9.46. The van der Waals surface area contributed by atoms with E-state index in [1.807, 2.05) is 20.8 Å². The predicted octanol–water partition coefficient (Wildman–Crippen LogP) is 3.49. The Labute approximate surface area is 155 Å². The van der Waals surface area contributed by atoms with Gasteiger partial charge in [-0.2, -0.15) is 4.89 Å². The molecule has 4 fully saturated rings. The number of esters is 1. The van der Waals surface area contributed by atoms with Crippen LogP contribution in [0.3, 0.4) is 0 Å². The second-order valence-electron chi connectivity index (χ2n) is 9.31. The summed E-state index contributed by atoms with van der Waals surface area (Å²) in [7, 11) is 0. The summed E-state index contributed by atoms with van der Waals surface area (Å²) in [6, 6.07) is 0. The number of rotatable bonds is 6. The van der Waals surface area contributed by atoms with Gasteiger partial charge in [-0.15, -0.1) is 0 Å². The molecular formula is C20H30O6. The summed E-state index contributed by atoms with van der Waals surface area (Å²) in [6.45, 7) is 10.6. The lowest BCUT2D eigenvalue weighted by molar-refractivity contribution is -0.329. The van der Waals surface area contributed by atoms with Crippen LogP contribution in [0.5, 0.6) is 0 Å². The van der Waals surface area contributed by atoms with E-state index in [9.17, 15) is 9.59 Å². The normalized spacial score (nSPS) is 36.5. The Morgan fingerprint density at radius 1 is 1.12 bits per heavy atom. The molecule has 4 rings (SSSR count). The van der Waals surface area contributed by atoms with Crippen molar-refractivity contribution in [1.29, 1.82) is 0 Å². The van der Waals surface area contributed by atoms with Gasteiger partial charge >= 0.3 is 11.9 Å². The van der Waals surface area contributed by atoms with Crippen LogP contribution < -0.4 is 0 Å². The molecule has 0 amide bonds. The summed E-state index contributed by atoms with van der Waals surface area (Å²) in [4.78, 5) is 34.1. The molecule has 3 atom stereocenters. The molecule has 4 aliphatic rings. The predicted molar refractivity (Wildman–Crippen MR) is 93.9 cm³/mol. The lowest BCUT2D eigenvalue weighted by atomic mass is 9.52. The molecule has 0 N–H and O–H groups in total. The van der Waals surface area contributed by atoms with Crippen molar-refractivity contribution in [2.24, 2.45) is 11.8 Å². The Balaban J connectivity index is 1.68. The summed E-state index contributed by atoms with van der Waals surface area (Å²) >= 11 is 0. The number of carbonyl (C=O) groups is 2. The fraction of sp³-hybridized carbons (Fsp3) is 0.800. The molecule has 0 aromatic heterocycles. The van der Waals surface area contributed by atoms with Crippen LogP contribution in [0.1, 0.15) is 66.2 Å². The van der Waals surface area contributed by atoms with E-state index in [0.717, 1.165) is 32.1 Å². The van der Waals surface area contributed by atoms with Crippen molar-refractivity contribution in [3.05, 3.63) is 12.7 Å². The van der Waals surface area contributed by atoms with Crippen LogP contribution in [-0.2, 0) is 28.8 Å². The maximum absolute atomic E-state index is 12.2. The van der Waals surface area contributed by atoms with E-state index in [-0.39, 0.29) is 5.97 Å². The Morgan fingerprint density at radius 3 is 2.23 bits per heavy atom. The average Bonchev–Trinajstić information content (AvgIpc) is 2.49. The van der Waals surface area contributed by atoms with Crippen LogP contribution in [0.25, 0.3) is 0 Å². The maximum atomic E-state index is 12.2. The van der Waals surface area contributed by atoms with Crippen molar-refractivity contribution in [3.8, 4) is 0 Å². The quantitative estimate of drug-likeness (QED) is 0.310. The third-order valence-corrected chi connectivity index (χ3v) is 5.57. The molecule has 6 heteroatoms. The number of carbonyl (C=O) groups excluding carboxylic acids is 2. The molecule has 0 aromatic rings. The Hall–Kier alpha value is -1.40. The summed E-state index contributed by atoms with van der Waals surface area (Å²) in [6.07, 6.45) is 5.80. The largest absolute Gasteiger partial charge is 0.456 e. The number of ether oxygens (including phenoxy) is 2. The molecule has 3 unspecified atom stereocenters. The van der Waals surface area contributed by atoms with Gasteiger partial charge in [0.1, 0.15) is 11.2 Å². The molecule has 0 aliphatic heterocycles. The van der Waals surface area contributed by atoms with Crippen LogP contribution in [0.2, 0.25) is 0 Å². The number of hydrogen-bond donors (Lipinski definition) is 0. The van der Waals surface area contributed by atoms with E-state index in [1.165, 1.54) is 6.08 Å². The van der Waals surface area contributed by atoms with Crippen molar-refractivity contribution in [2.45, 2.75) is 89.1 Å². The van der Waals surface area contributed by atoms with Crippen molar-refractivity contribution in [3.63, 3.8) is 0 Å². The molecule has 4 saturated carbocycles. The molecule has 4 bridgehead atoms. The Bertz CT molecular complexity index is 576. The van der Waals surface area contributed by atoms with Gasteiger partial charge in [0.15, 0.2) is 6.10 Å². The summed E-state index contributed by atoms with van der Waals surface area (Å²) < 4.78 is 12.0. The Morgan fingerprint density at radius 2 is 1.69 bits per heavy atom. The monoisotopic (exact) mass is 366 g/mol. The van der Waals surface area contributed by atoms with Gasteiger partial charge in [-0.05, 0) is 71.6 Å². The van der Waals surface area contributed by atoms with Gasteiger partial charge < -0.3 is 9.47 Å². The summed E-state index contributed by atoms with van der Waals surface area (Å²) in [5.41, 5.74) is -1.49. The zero-order valence-electron chi connectivity index (χ0n) is 16.2.